The zero-order valence-corrected chi connectivity index (χ0v) is 17.1. The SMILES string of the molecule is O=S(=O)(c1ccc(-c2ncco2)cc1)N1Cc2cc(C(O)c3ccccc3)nnc2C1. The van der Waals surface area contributed by atoms with Crippen LogP contribution < -0.4 is 0 Å². The Bertz CT molecular complexity index is 1310. The molecule has 0 aliphatic carbocycles. The van der Waals surface area contributed by atoms with Gasteiger partial charge in [-0.25, -0.2) is 13.4 Å². The van der Waals surface area contributed by atoms with E-state index in [0.717, 1.165) is 5.56 Å². The minimum absolute atomic E-state index is 0.133. The van der Waals surface area contributed by atoms with Gasteiger partial charge in [0.25, 0.3) is 0 Å². The number of aromatic nitrogens is 3. The molecular weight excluding hydrogens is 416 g/mol. The van der Waals surface area contributed by atoms with Crippen molar-refractivity contribution in [1.82, 2.24) is 19.5 Å². The Morgan fingerprint density at radius 2 is 1.77 bits per heavy atom. The van der Waals surface area contributed by atoms with Crippen molar-refractivity contribution in [2.24, 2.45) is 0 Å². The van der Waals surface area contributed by atoms with E-state index in [1.807, 2.05) is 18.2 Å². The number of hydrogen-bond donors (Lipinski definition) is 1. The zero-order valence-electron chi connectivity index (χ0n) is 16.3. The van der Waals surface area contributed by atoms with Crippen molar-refractivity contribution in [3.63, 3.8) is 0 Å². The van der Waals surface area contributed by atoms with Crippen molar-refractivity contribution in [1.29, 1.82) is 0 Å². The Morgan fingerprint density at radius 1 is 1.00 bits per heavy atom. The van der Waals surface area contributed by atoms with E-state index in [4.69, 9.17) is 4.42 Å². The quantitative estimate of drug-likeness (QED) is 0.514. The Balaban J connectivity index is 1.37. The van der Waals surface area contributed by atoms with Crippen LogP contribution in [0.5, 0.6) is 0 Å². The van der Waals surface area contributed by atoms with Crippen LogP contribution in [0.3, 0.4) is 0 Å². The van der Waals surface area contributed by atoms with Crippen LogP contribution in [0.15, 0.2) is 82.4 Å². The molecule has 0 radical (unpaired) electrons. The monoisotopic (exact) mass is 434 g/mol. The normalized spacial score (nSPS) is 15.0. The maximum Gasteiger partial charge on any atom is 0.243 e. The summed E-state index contributed by atoms with van der Waals surface area (Å²) in [5.41, 5.74) is 3.10. The fourth-order valence-corrected chi connectivity index (χ4v) is 4.93. The maximum absolute atomic E-state index is 13.1. The Hall–Kier alpha value is -3.40. The van der Waals surface area contributed by atoms with Gasteiger partial charge < -0.3 is 9.52 Å². The molecule has 9 heteroatoms. The molecule has 0 bridgehead atoms. The molecule has 0 saturated heterocycles. The molecule has 4 aromatic rings. The van der Waals surface area contributed by atoms with E-state index in [1.165, 1.54) is 28.9 Å². The van der Waals surface area contributed by atoms with E-state index in [0.29, 0.717) is 28.4 Å². The lowest BCUT2D eigenvalue weighted by atomic mass is 10.1. The summed E-state index contributed by atoms with van der Waals surface area (Å²) < 4.78 is 32.9. The number of benzene rings is 2. The second-order valence-electron chi connectivity index (χ2n) is 7.19. The van der Waals surface area contributed by atoms with Crippen LogP contribution in [0.4, 0.5) is 0 Å². The van der Waals surface area contributed by atoms with E-state index < -0.39 is 16.1 Å². The molecule has 0 fully saturated rings. The Labute approximate surface area is 178 Å². The third-order valence-electron chi connectivity index (χ3n) is 5.22. The number of fused-ring (bicyclic) bond motifs is 1. The molecule has 3 heterocycles. The molecule has 0 amide bonds. The number of aliphatic hydroxyl groups is 1. The van der Waals surface area contributed by atoms with Gasteiger partial charge in [0.05, 0.1) is 29.0 Å². The molecule has 1 aliphatic heterocycles. The summed E-state index contributed by atoms with van der Waals surface area (Å²) in [5, 5.41) is 18.9. The van der Waals surface area contributed by atoms with Crippen molar-refractivity contribution < 1.29 is 17.9 Å². The highest BCUT2D eigenvalue weighted by Gasteiger charge is 2.32. The van der Waals surface area contributed by atoms with E-state index in [1.54, 1.807) is 30.3 Å². The molecule has 1 atom stereocenters. The molecule has 31 heavy (non-hydrogen) atoms. The third kappa shape index (κ3) is 3.63. The van der Waals surface area contributed by atoms with Gasteiger partial charge in [-0.2, -0.15) is 14.5 Å². The van der Waals surface area contributed by atoms with E-state index in [9.17, 15) is 13.5 Å². The van der Waals surface area contributed by atoms with Gasteiger partial charge in [0.15, 0.2) is 0 Å². The van der Waals surface area contributed by atoms with Crippen molar-refractivity contribution in [2.75, 3.05) is 0 Å². The summed E-state index contributed by atoms with van der Waals surface area (Å²) in [6, 6.07) is 17.3. The number of sulfonamides is 1. The molecule has 156 valence electrons. The fraction of sp³-hybridized carbons (Fsp3) is 0.136. The summed E-state index contributed by atoms with van der Waals surface area (Å²) in [6.07, 6.45) is 2.07. The standard InChI is InChI=1S/C22H18N4O4S/c27-21(15-4-2-1-3-5-15)19-12-17-13-26(14-20(17)25-24-19)31(28,29)18-8-6-16(7-9-18)22-23-10-11-30-22/h1-12,21,27H,13-14H2. The first kappa shape index (κ1) is 19.6. The van der Waals surface area contributed by atoms with E-state index in [2.05, 4.69) is 15.2 Å². The van der Waals surface area contributed by atoms with Gasteiger partial charge in [-0.3, -0.25) is 0 Å². The number of rotatable bonds is 5. The lowest BCUT2D eigenvalue weighted by molar-refractivity contribution is 0.214. The first-order valence-electron chi connectivity index (χ1n) is 9.61. The minimum atomic E-state index is -3.73. The number of hydrogen-bond acceptors (Lipinski definition) is 7. The van der Waals surface area contributed by atoms with Crippen molar-refractivity contribution in [3.8, 4) is 11.5 Å². The second-order valence-corrected chi connectivity index (χ2v) is 9.13. The highest BCUT2D eigenvalue weighted by molar-refractivity contribution is 7.89. The predicted molar refractivity (Wildman–Crippen MR) is 111 cm³/mol. The van der Waals surface area contributed by atoms with Crippen LogP contribution in [0.25, 0.3) is 11.5 Å². The van der Waals surface area contributed by atoms with Crippen LogP contribution >= 0.6 is 0 Å². The molecule has 2 aromatic carbocycles. The third-order valence-corrected chi connectivity index (χ3v) is 7.02. The minimum Gasteiger partial charge on any atom is -0.445 e. The highest BCUT2D eigenvalue weighted by atomic mass is 32.2. The van der Waals surface area contributed by atoms with Crippen molar-refractivity contribution in [2.45, 2.75) is 24.1 Å². The lowest BCUT2D eigenvalue weighted by Gasteiger charge is -2.15. The molecule has 0 saturated carbocycles. The molecule has 5 rings (SSSR count). The van der Waals surface area contributed by atoms with Gasteiger partial charge in [0, 0.05) is 12.1 Å². The number of aliphatic hydroxyl groups excluding tert-OH is 1. The maximum atomic E-state index is 13.1. The molecule has 8 nitrogen and oxygen atoms in total. The molecule has 1 unspecified atom stereocenters. The highest BCUT2D eigenvalue weighted by Crippen LogP contribution is 2.30. The lowest BCUT2D eigenvalue weighted by Crippen LogP contribution is -2.25. The van der Waals surface area contributed by atoms with Crippen molar-refractivity contribution >= 4 is 10.0 Å². The second kappa shape index (κ2) is 7.69. The van der Waals surface area contributed by atoms with Crippen LogP contribution in [0, 0.1) is 0 Å². The Kier molecular flexibility index (Phi) is 4.85. The molecule has 2 aromatic heterocycles. The van der Waals surface area contributed by atoms with Gasteiger partial charge >= 0.3 is 0 Å². The molecule has 1 aliphatic rings. The van der Waals surface area contributed by atoms with E-state index in [-0.39, 0.29) is 18.0 Å². The average Bonchev–Trinajstić information content (AvgIpc) is 3.49. The largest absolute Gasteiger partial charge is 0.445 e. The summed E-state index contributed by atoms with van der Waals surface area (Å²) in [4.78, 5) is 4.24. The smallest absolute Gasteiger partial charge is 0.243 e. The summed E-state index contributed by atoms with van der Waals surface area (Å²) >= 11 is 0. The molecule has 0 spiro atoms. The van der Waals surface area contributed by atoms with Gasteiger partial charge in [0.1, 0.15) is 12.4 Å². The predicted octanol–water partition coefficient (Wildman–Crippen LogP) is 2.92. The van der Waals surface area contributed by atoms with Crippen LogP contribution in [0.2, 0.25) is 0 Å². The average molecular weight is 434 g/mol. The van der Waals surface area contributed by atoms with Crippen molar-refractivity contribution in [3.05, 3.63) is 95.6 Å². The van der Waals surface area contributed by atoms with Gasteiger partial charge in [-0.15, -0.1) is 0 Å². The Morgan fingerprint density at radius 3 is 2.48 bits per heavy atom. The fourth-order valence-electron chi connectivity index (χ4n) is 3.55. The van der Waals surface area contributed by atoms with Crippen LogP contribution in [-0.2, 0) is 23.1 Å². The van der Waals surface area contributed by atoms with Gasteiger partial charge in [-0.1, -0.05) is 30.3 Å². The van der Waals surface area contributed by atoms with Gasteiger partial charge in [-0.05, 0) is 41.5 Å². The topological polar surface area (TPSA) is 109 Å². The summed E-state index contributed by atoms with van der Waals surface area (Å²) in [5.74, 6) is 0.428. The molecule has 1 N–H and O–H groups in total. The van der Waals surface area contributed by atoms with E-state index >= 15 is 0 Å². The van der Waals surface area contributed by atoms with Gasteiger partial charge in [0.2, 0.25) is 15.9 Å². The zero-order chi connectivity index (χ0) is 21.4. The first-order chi connectivity index (χ1) is 15.0. The number of nitrogens with zero attached hydrogens (tertiary/aromatic N) is 4. The van der Waals surface area contributed by atoms with Crippen LogP contribution in [0.1, 0.15) is 28.6 Å². The molecular formula is C22H18N4O4S. The first-order valence-corrected chi connectivity index (χ1v) is 11.0. The number of oxazole rings is 1. The van der Waals surface area contributed by atoms with Crippen LogP contribution in [-0.4, -0.2) is 33.0 Å². The summed E-state index contributed by atoms with van der Waals surface area (Å²) in [6.45, 7) is 0.303. The summed E-state index contributed by atoms with van der Waals surface area (Å²) in [7, 11) is -3.73.